The van der Waals surface area contributed by atoms with E-state index in [1.807, 2.05) is 19.1 Å². The summed E-state index contributed by atoms with van der Waals surface area (Å²) in [5, 5.41) is 3.64. The lowest BCUT2D eigenvalue weighted by Crippen LogP contribution is -2.20. The van der Waals surface area contributed by atoms with Gasteiger partial charge in [0.05, 0.1) is 18.1 Å². The van der Waals surface area contributed by atoms with Gasteiger partial charge in [-0.05, 0) is 62.1 Å². The number of amides is 1. The van der Waals surface area contributed by atoms with Crippen LogP contribution in [0.25, 0.3) is 0 Å². The molecule has 1 aromatic heterocycles. The van der Waals surface area contributed by atoms with Crippen LogP contribution in [0.5, 0.6) is 0 Å². The van der Waals surface area contributed by atoms with Crippen LogP contribution in [-0.2, 0) is 28.8 Å². The van der Waals surface area contributed by atoms with Gasteiger partial charge in [0.2, 0.25) is 5.91 Å². The molecule has 28 heavy (non-hydrogen) atoms. The first-order valence-corrected chi connectivity index (χ1v) is 10.9. The third-order valence-corrected chi connectivity index (χ3v) is 6.36. The number of nitrogens with one attached hydrogen (secondary N) is 1. The quantitative estimate of drug-likeness (QED) is 0.638. The fourth-order valence-electron chi connectivity index (χ4n) is 3.70. The summed E-state index contributed by atoms with van der Waals surface area (Å²) in [5.41, 5.74) is 3.88. The van der Waals surface area contributed by atoms with Crippen molar-refractivity contribution in [3.8, 4) is 0 Å². The highest BCUT2D eigenvalue weighted by atomic mass is 32.1. The van der Waals surface area contributed by atoms with E-state index >= 15 is 0 Å². The molecule has 2 aromatic rings. The van der Waals surface area contributed by atoms with E-state index in [1.54, 1.807) is 6.92 Å². The Balaban J connectivity index is 1.76. The molecule has 0 spiro atoms. The Hall–Kier alpha value is -2.14. The Morgan fingerprint density at radius 1 is 1.14 bits per heavy atom. The lowest BCUT2D eigenvalue weighted by Gasteiger charge is -2.14. The number of hydrogen-bond donors (Lipinski definition) is 1. The average molecular weight is 400 g/mol. The highest BCUT2D eigenvalue weighted by Crippen LogP contribution is 2.40. The molecule has 1 heterocycles. The van der Waals surface area contributed by atoms with Gasteiger partial charge in [-0.2, -0.15) is 0 Å². The van der Waals surface area contributed by atoms with E-state index < -0.39 is 0 Å². The number of carbonyl (C=O) groups is 2. The van der Waals surface area contributed by atoms with Crippen LogP contribution in [0.2, 0.25) is 0 Å². The number of fused-ring (bicyclic) bond motifs is 1. The van der Waals surface area contributed by atoms with Gasteiger partial charge < -0.3 is 10.1 Å². The molecule has 1 aromatic carbocycles. The van der Waals surface area contributed by atoms with E-state index in [0.29, 0.717) is 23.1 Å². The van der Waals surface area contributed by atoms with Crippen molar-refractivity contribution in [3.05, 3.63) is 51.4 Å². The molecule has 1 atom stereocenters. The third-order valence-electron chi connectivity index (χ3n) is 5.15. The number of anilines is 1. The number of carbonyl (C=O) groups excluding carboxylic acids is 2. The summed E-state index contributed by atoms with van der Waals surface area (Å²) in [4.78, 5) is 26.5. The van der Waals surface area contributed by atoms with Gasteiger partial charge in [-0.15, -0.1) is 11.3 Å². The molecule has 0 bridgehead atoms. The van der Waals surface area contributed by atoms with Crippen LogP contribution < -0.4 is 5.32 Å². The van der Waals surface area contributed by atoms with E-state index in [1.165, 1.54) is 21.8 Å². The van der Waals surface area contributed by atoms with Crippen molar-refractivity contribution in [1.82, 2.24) is 0 Å². The van der Waals surface area contributed by atoms with Gasteiger partial charge in [0.25, 0.3) is 0 Å². The molecule has 1 aliphatic carbocycles. The second-order valence-electron chi connectivity index (χ2n) is 7.83. The van der Waals surface area contributed by atoms with Gasteiger partial charge in [0, 0.05) is 4.88 Å². The Morgan fingerprint density at radius 2 is 1.86 bits per heavy atom. The number of rotatable bonds is 7. The maximum absolute atomic E-state index is 12.9. The largest absolute Gasteiger partial charge is 0.462 e. The molecule has 0 aliphatic heterocycles. The standard InChI is InChI=1S/C23H29NO3S/c1-5-27-23(26)20-18-7-6-8-19(18)28-22(20)24-21(25)15(4)17-11-9-16(10-12-17)13-14(2)3/h9-12,14-15H,5-8,13H2,1-4H3,(H,24,25). The summed E-state index contributed by atoms with van der Waals surface area (Å²) < 4.78 is 5.24. The van der Waals surface area contributed by atoms with Crippen molar-refractivity contribution in [3.63, 3.8) is 0 Å². The molecule has 1 unspecified atom stereocenters. The highest BCUT2D eigenvalue weighted by molar-refractivity contribution is 7.17. The van der Waals surface area contributed by atoms with Crippen LogP contribution in [0, 0.1) is 5.92 Å². The summed E-state index contributed by atoms with van der Waals surface area (Å²) in [6, 6.07) is 8.26. The fourth-order valence-corrected chi connectivity index (χ4v) is 4.98. The van der Waals surface area contributed by atoms with Crippen molar-refractivity contribution in [2.24, 2.45) is 5.92 Å². The molecule has 5 heteroatoms. The molecule has 150 valence electrons. The van der Waals surface area contributed by atoms with Crippen LogP contribution in [-0.4, -0.2) is 18.5 Å². The minimum Gasteiger partial charge on any atom is -0.462 e. The van der Waals surface area contributed by atoms with Gasteiger partial charge in [-0.1, -0.05) is 38.1 Å². The van der Waals surface area contributed by atoms with E-state index in [4.69, 9.17) is 4.74 Å². The zero-order chi connectivity index (χ0) is 20.3. The molecule has 0 saturated carbocycles. The SMILES string of the molecule is CCOC(=O)c1c(NC(=O)C(C)c2ccc(CC(C)C)cc2)sc2c1CCC2. The first-order valence-electron chi connectivity index (χ1n) is 10.1. The van der Waals surface area contributed by atoms with E-state index in [2.05, 4.69) is 31.3 Å². The average Bonchev–Trinajstić information content (AvgIpc) is 3.22. The Kier molecular flexibility index (Phi) is 6.55. The summed E-state index contributed by atoms with van der Waals surface area (Å²) >= 11 is 1.52. The van der Waals surface area contributed by atoms with Crippen LogP contribution in [0.3, 0.4) is 0 Å². The van der Waals surface area contributed by atoms with Crippen molar-refractivity contribution in [2.75, 3.05) is 11.9 Å². The predicted octanol–water partition coefficient (Wildman–Crippen LogP) is 5.35. The lowest BCUT2D eigenvalue weighted by atomic mass is 9.96. The van der Waals surface area contributed by atoms with Gasteiger partial charge >= 0.3 is 5.97 Å². The van der Waals surface area contributed by atoms with E-state index in [0.717, 1.165) is 36.8 Å². The summed E-state index contributed by atoms with van der Waals surface area (Å²) in [6.45, 7) is 8.43. The first-order chi connectivity index (χ1) is 13.4. The normalized spacial score (nSPS) is 14.0. The fraction of sp³-hybridized carbons (Fsp3) is 0.478. The number of thiophene rings is 1. The Bertz CT molecular complexity index is 851. The van der Waals surface area contributed by atoms with Crippen LogP contribution >= 0.6 is 11.3 Å². The highest BCUT2D eigenvalue weighted by Gasteiger charge is 2.29. The Labute approximate surface area is 171 Å². The maximum Gasteiger partial charge on any atom is 0.341 e. The zero-order valence-electron chi connectivity index (χ0n) is 17.1. The number of hydrogen-bond acceptors (Lipinski definition) is 4. The molecular formula is C23H29NO3S. The first kappa shape index (κ1) is 20.6. The monoisotopic (exact) mass is 399 g/mol. The molecule has 1 N–H and O–H groups in total. The third kappa shape index (κ3) is 4.46. The van der Waals surface area contributed by atoms with E-state index in [9.17, 15) is 9.59 Å². The Morgan fingerprint density at radius 3 is 2.50 bits per heavy atom. The zero-order valence-corrected chi connectivity index (χ0v) is 17.9. The van der Waals surface area contributed by atoms with Gasteiger partial charge in [0.1, 0.15) is 5.00 Å². The van der Waals surface area contributed by atoms with Gasteiger partial charge in [-0.25, -0.2) is 4.79 Å². The topological polar surface area (TPSA) is 55.4 Å². The van der Waals surface area contributed by atoms with Crippen molar-refractivity contribution in [2.45, 2.75) is 59.3 Å². The number of benzene rings is 1. The van der Waals surface area contributed by atoms with Gasteiger partial charge in [0.15, 0.2) is 0 Å². The van der Waals surface area contributed by atoms with Crippen LogP contribution in [0.1, 0.15) is 72.0 Å². The van der Waals surface area contributed by atoms with Crippen molar-refractivity contribution in [1.29, 1.82) is 0 Å². The molecule has 0 saturated heterocycles. The van der Waals surface area contributed by atoms with Crippen LogP contribution in [0.15, 0.2) is 24.3 Å². The van der Waals surface area contributed by atoms with Crippen molar-refractivity contribution < 1.29 is 14.3 Å². The smallest absolute Gasteiger partial charge is 0.341 e. The summed E-state index contributed by atoms with van der Waals surface area (Å²) in [6.07, 6.45) is 3.93. The van der Waals surface area contributed by atoms with Crippen LogP contribution in [0.4, 0.5) is 5.00 Å². The second-order valence-corrected chi connectivity index (χ2v) is 8.94. The minimum atomic E-state index is -0.331. The predicted molar refractivity (Wildman–Crippen MR) is 114 cm³/mol. The number of esters is 1. The van der Waals surface area contributed by atoms with Crippen molar-refractivity contribution >= 4 is 28.2 Å². The molecule has 3 rings (SSSR count). The molecular weight excluding hydrogens is 370 g/mol. The summed E-state index contributed by atoms with van der Waals surface area (Å²) in [7, 11) is 0. The summed E-state index contributed by atoms with van der Waals surface area (Å²) in [5.74, 6) is -0.112. The molecule has 1 amide bonds. The molecule has 0 radical (unpaired) electrons. The molecule has 0 fully saturated rings. The lowest BCUT2D eigenvalue weighted by molar-refractivity contribution is -0.117. The van der Waals surface area contributed by atoms with Gasteiger partial charge in [-0.3, -0.25) is 4.79 Å². The number of ether oxygens (including phenoxy) is 1. The second kappa shape index (κ2) is 8.91. The minimum absolute atomic E-state index is 0.0953. The maximum atomic E-state index is 12.9. The molecule has 1 aliphatic rings. The number of aryl methyl sites for hydroxylation is 1. The molecule has 4 nitrogen and oxygen atoms in total. The van der Waals surface area contributed by atoms with E-state index in [-0.39, 0.29) is 17.8 Å².